The number of rotatable bonds is 1. The van der Waals surface area contributed by atoms with Crippen LogP contribution in [0.3, 0.4) is 0 Å². The molecule has 1 saturated heterocycles. The van der Waals surface area contributed by atoms with E-state index < -0.39 is 0 Å². The zero-order valence-corrected chi connectivity index (χ0v) is 9.35. The third kappa shape index (κ3) is 1.54. The SMILES string of the molecule is CN1CC(c2ccc(I)cn2)C1=O. The van der Waals surface area contributed by atoms with E-state index in [0.717, 1.165) is 15.8 Å². The first-order valence-corrected chi connectivity index (χ1v) is 5.13. The van der Waals surface area contributed by atoms with Gasteiger partial charge in [0.1, 0.15) is 0 Å². The Balaban J connectivity index is 2.19. The third-order valence-corrected chi connectivity index (χ3v) is 2.88. The minimum atomic E-state index is 0.00185. The van der Waals surface area contributed by atoms with Crippen molar-refractivity contribution < 1.29 is 4.79 Å². The molecule has 0 saturated carbocycles. The topological polar surface area (TPSA) is 33.2 Å². The van der Waals surface area contributed by atoms with Crippen LogP contribution in [0.4, 0.5) is 0 Å². The molecule has 0 spiro atoms. The molecule has 1 fully saturated rings. The molecule has 0 radical (unpaired) electrons. The molecule has 0 N–H and O–H groups in total. The van der Waals surface area contributed by atoms with Gasteiger partial charge in [0, 0.05) is 23.4 Å². The summed E-state index contributed by atoms with van der Waals surface area (Å²) in [5.41, 5.74) is 0.892. The summed E-state index contributed by atoms with van der Waals surface area (Å²) in [7, 11) is 1.81. The van der Waals surface area contributed by atoms with E-state index in [4.69, 9.17) is 0 Å². The lowest BCUT2D eigenvalue weighted by molar-refractivity contribution is -0.140. The van der Waals surface area contributed by atoms with Crippen LogP contribution < -0.4 is 0 Å². The summed E-state index contributed by atoms with van der Waals surface area (Å²) in [6.45, 7) is 0.798. The van der Waals surface area contributed by atoms with Crippen molar-refractivity contribution in [3.05, 3.63) is 27.6 Å². The first-order valence-electron chi connectivity index (χ1n) is 4.05. The number of halogens is 1. The van der Waals surface area contributed by atoms with Gasteiger partial charge < -0.3 is 4.90 Å². The maximum Gasteiger partial charge on any atom is 0.233 e. The second-order valence-corrected chi connectivity index (χ2v) is 4.42. The number of pyridine rings is 1. The van der Waals surface area contributed by atoms with Crippen LogP contribution in [0.2, 0.25) is 0 Å². The lowest BCUT2D eigenvalue weighted by Gasteiger charge is -2.34. The van der Waals surface area contributed by atoms with Crippen LogP contribution in [0.15, 0.2) is 18.3 Å². The molecule has 13 heavy (non-hydrogen) atoms. The summed E-state index contributed by atoms with van der Waals surface area (Å²) in [4.78, 5) is 17.3. The molecule has 3 nitrogen and oxygen atoms in total. The van der Waals surface area contributed by atoms with Gasteiger partial charge >= 0.3 is 0 Å². The molecule has 1 amide bonds. The van der Waals surface area contributed by atoms with E-state index in [1.165, 1.54) is 0 Å². The predicted molar refractivity (Wildman–Crippen MR) is 57.3 cm³/mol. The number of hydrogen-bond donors (Lipinski definition) is 0. The zero-order valence-electron chi connectivity index (χ0n) is 7.20. The summed E-state index contributed by atoms with van der Waals surface area (Å²) in [5.74, 6) is 0.177. The summed E-state index contributed by atoms with van der Waals surface area (Å²) in [6, 6.07) is 3.91. The molecular weight excluding hydrogens is 279 g/mol. The Bertz CT molecular complexity index is 336. The van der Waals surface area contributed by atoms with Gasteiger partial charge in [0.2, 0.25) is 5.91 Å². The highest BCUT2D eigenvalue weighted by Gasteiger charge is 2.35. The first-order chi connectivity index (χ1) is 6.18. The van der Waals surface area contributed by atoms with E-state index in [1.54, 1.807) is 11.1 Å². The Kier molecular flexibility index (Phi) is 2.23. The number of carbonyl (C=O) groups is 1. The molecule has 1 aromatic heterocycles. The van der Waals surface area contributed by atoms with Crippen LogP contribution >= 0.6 is 22.6 Å². The zero-order chi connectivity index (χ0) is 9.42. The van der Waals surface area contributed by atoms with E-state index in [2.05, 4.69) is 27.6 Å². The fourth-order valence-electron chi connectivity index (χ4n) is 1.41. The van der Waals surface area contributed by atoms with Crippen LogP contribution in [0, 0.1) is 3.57 Å². The minimum absolute atomic E-state index is 0.00185. The Morgan fingerprint density at radius 2 is 2.38 bits per heavy atom. The van der Waals surface area contributed by atoms with Crippen LogP contribution in [0.1, 0.15) is 11.6 Å². The van der Waals surface area contributed by atoms with Gasteiger partial charge in [-0.2, -0.15) is 0 Å². The standard InChI is InChI=1S/C9H9IN2O/c1-12-5-7(9(12)13)8-3-2-6(10)4-11-8/h2-4,7H,5H2,1H3. The Hall–Kier alpha value is -0.650. The second kappa shape index (κ2) is 3.25. The van der Waals surface area contributed by atoms with Crippen molar-refractivity contribution in [2.45, 2.75) is 5.92 Å². The number of nitrogens with zero attached hydrogens (tertiary/aromatic N) is 2. The van der Waals surface area contributed by atoms with E-state index in [0.29, 0.717) is 0 Å². The van der Waals surface area contributed by atoms with Gasteiger partial charge in [-0.15, -0.1) is 0 Å². The van der Waals surface area contributed by atoms with E-state index in [1.807, 2.05) is 19.2 Å². The van der Waals surface area contributed by atoms with Gasteiger partial charge in [-0.3, -0.25) is 9.78 Å². The van der Waals surface area contributed by atoms with Gasteiger partial charge in [-0.25, -0.2) is 0 Å². The number of aromatic nitrogens is 1. The third-order valence-electron chi connectivity index (χ3n) is 2.24. The van der Waals surface area contributed by atoms with Crippen LogP contribution in [0.5, 0.6) is 0 Å². The summed E-state index contributed by atoms with van der Waals surface area (Å²) < 4.78 is 1.10. The average Bonchev–Trinajstić information content (AvgIpc) is 2.15. The van der Waals surface area contributed by atoms with Gasteiger partial charge in [0.25, 0.3) is 0 Å². The maximum atomic E-state index is 11.3. The maximum absolute atomic E-state index is 11.3. The predicted octanol–water partition coefficient (Wildman–Crippen LogP) is 1.24. The van der Waals surface area contributed by atoms with Crippen LogP contribution in [0.25, 0.3) is 0 Å². The minimum Gasteiger partial charge on any atom is -0.344 e. The second-order valence-electron chi connectivity index (χ2n) is 3.17. The van der Waals surface area contributed by atoms with Gasteiger partial charge in [-0.1, -0.05) is 0 Å². The summed E-state index contributed by atoms with van der Waals surface area (Å²) in [6.07, 6.45) is 1.79. The van der Waals surface area contributed by atoms with Crippen molar-refractivity contribution in [3.63, 3.8) is 0 Å². The molecule has 0 aromatic carbocycles. The molecule has 1 unspecified atom stereocenters. The van der Waals surface area contributed by atoms with Crippen LogP contribution in [-0.4, -0.2) is 29.4 Å². The highest BCUT2D eigenvalue weighted by molar-refractivity contribution is 14.1. The molecule has 4 heteroatoms. The van der Waals surface area contributed by atoms with Crippen molar-refractivity contribution in [1.29, 1.82) is 0 Å². The summed E-state index contributed by atoms with van der Waals surface area (Å²) in [5, 5.41) is 0. The van der Waals surface area contributed by atoms with E-state index >= 15 is 0 Å². The summed E-state index contributed by atoms with van der Waals surface area (Å²) >= 11 is 2.20. The Morgan fingerprint density at radius 1 is 1.62 bits per heavy atom. The highest BCUT2D eigenvalue weighted by Crippen LogP contribution is 2.25. The van der Waals surface area contributed by atoms with Gasteiger partial charge in [0.05, 0.1) is 11.6 Å². The molecule has 1 aliphatic rings. The quantitative estimate of drug-likeness (QED) is 0.575. The number of carbonyl (C=O) groups excluding carboxylic acids is 1. The van der Waals surface area contributed by atoms with Crippen LogP contribution in [-0.2, 0) is 4.79 Å². The molecule has 1 atom stereocenters. The van der Waals surface area contributed by atoms with E-state index in [-0.39, 0.29) is 11.8 Å². The fraction of sp³-hybridized carbons (Fsp3) is 0.333. The number of β-lactam (4-membered cyclic amide) rings is 1. The largest absolute Gasteiger partial charge is 0.344 e. The molecular formula is C9H9IN2O. The first kappa shape index (κ1) is 8.93. The molecule has 1 aliphatic heterocycles. The normalized spacial score (nSPS) is 21.5. The van der Waals surface area contributed by atoms with Gasteiger partial charge in [0.15, 0.2) is 0 Å². The number of likely N-dealkylation sites (tertiary alicyclic amines) is 1. The van der Waals surface area contributed by atoms with Gasteiger partial charge in [-0.05, 0) is 34.7 Å². The smallest absolute Gasteiger partial charge is 0.233 e. The fourth-order valence-corrected chi connectivity index (χ4v) is 1.73. The van der Waals surface area contributed by atoms with Crippen molar-refractivity contribution in [3.8, 4) is 0 Å². The highest BCUT2D eigenvalue weighted by atomic mass is 127. The Morgan fingerprint density at radius 3 is 2.85 bits per heavy atom. The number of hydrogen-bond acceptors (Lipinski definition) is 2. The lowest BCUT2D eigenvalue weighted by Crippen LogP contribution is -2.48. The average molecular weight is 288 g/mol. The number of likely N-dealkylation sites (N-methyl/N-ethyl adjacent to an activating group) is 1. The van der Waals surface area contributed by atoms with E-state index in [9.17, 15) is 4.79 Å². The molecule has 0 aliphatic carbocycles. The van der Waals surface area contributed by atoms with Crippen molar-refractivity contribution in [2.75, 3.05) is 13.6 Å². The molecule has 2 heterocycles. The molecule has 0 bridgehead atoms. The Labute approximate surface area is 90.3 Å². The number of amides is 1. The van der Waals surface area contributed by atoms with Crippen molar-refractivity contribution in [1.82, 2.24) is 9.88 Å². The molecule has 2 rings (SSSR count). The van der Waals surface area contributed by atoms with Crippen molar-refractivity contribution in [2.24, 2.45) is 0 Å². The lowest BCUT2D eigenvalue weighted by atomic mass is 9.95. The molecule has 68 valence electrons. The van der Waals surface area contributed by atoms with Crippen molar-refractivity contribution >= 4 is 28.5 Å². The molecule has 1 aromatic rings. The monoisotopic (exact) mass is 288 g/mol.